The Morgan fingerprint density at radius 2 is 1.80 bits per heavy atom. The van der Waals surface area contributed by atoms with Gasteiger partial charge in [0, 0.05) is 16.7 Å². The molecule has 0 bridgehead atoms. The summed E-state index contributed by atoms with van der Waals surface area (Å²) in [5.41, 5.74) is 0. The molecule has 0 saturated carbocycles. The summed E-state index contributed by atoms with van der Waals surface area (Å²) in [5.74, 6) is 1.81. The van der Waals surface area contributed by atoms with E-state index in [0.29, 0.717) is 12.0 Å². The molecule has 20 heavy (non-hydrogen) atoms. The van der Waals surface area contributed by atoms with E-state index in [4.69, 9.17) is 0 Å². The molecule has 0 spiro atoms. The number of hydrogen-bond donors (Lipinski definition) is 1. The predicted molar refractivity (Wildman–Crippen MR) is 91.6 cm³/mol. The van der Waals surface area contributed by atoms with Crippen LogP contribution in [0.4, 0.5) is 0 Å². The molecule has 2 rings (SSSR count). The first-order valence-corrected chi connectivity index (χ1v) is 8.54. The highest BCUT2D eigenvalue weighted by molar-refractivity contribution is 7.99. The first kappa shape index (κ1) is 15.4. The van der Waals surface area contributed by atoms with Crippen molar-refractivity contribution in [2.45, 2.75) is 38.1 Å². The Kier molecular flexibility index (Phi) is 5.93. The molecule has 0 radical (unpaired) electrons. The van der Waals surface area contributed by atoms with Crippen LogP contribution < -0.4 is 5.32 Å². The van der Waals surface area contributed by atoms with Crippen LogP contribution in [0.3, 0.4) is 0 Å². The molecule has 0 aliphatic carbocycles. The van der Waals surface area contributed by atoms with Crippen LogP contribution in [0.5, 0.6) is 0 Å². The molecule has 1 atom stereocenters. The van der Waals surface area contributed by atoms with E-state index in [2.05, 4.69) is 68.6 Å². The van der Waals surface area contributed by atoms with Crippen LogP contribution in [-0.4, -0.2) is 18.3 Å². The third-order valence-electron chi connectivity index (χ3n) is 3.61. The van der Waals surface area contributed by atoms with Crippen LogP contribution in [0.2, 0.25) is 0 Å². The summed E-state index contributed by atoms with van der Waals surface area (Å²) < 4.78 is 0. The van der Waals surface area contributed by atoms with Gasteiger partial charge in [0.2, 0.25) is 0 Å². The molecule has 0 amide bonds. The molecule has 0 heterocycles. The van der Waals surface area contributed by atoms with Gasteiger partial charge in [-0.25, -0.2) is 0 Å². The van der Waals surface area contributed by atoms with E-state index in [0.717, 1.165) is 12.3 Å². The molecule has 0 aromatic heterocycles. The SMILES string of the molecule is CCCNC(CSc1ccc2ccccc2c1)C(C)C. The maximum atomic E-state index is 3.66. The van der Waals surface area contributed by atoms with Crippen LogP contribution in [0.25, 0.3) is 10.8 Å². The lowest BCUT2D eigenvalue weighted by Gasteiger charge is -2.22. The van der Waals surface area contributed by atoms with Gasteiger partial charge in [-0.05, 0) is 41.8 Å². The normalized spacial score (nSPS) is 13.0. The second kappa shape index (κ2) is 7.70. The number of rotatable bonds is 7. The highest BCUT2D eigenvalue weighted by Crippen LogP contribution is 2.25. The van der Waals surface area contributed by atoms with E-state index in [1.807, 2.05) is 11.8 Å². The average Bonchev–Trinajstić information content (AvgIpc) is 2.46. The van der Waals surface area contributed by atoms with Crippen LogP contribution in [-0.2, 0) is 0 Å². The van der Waals surface area contributed by atoms with Crippen molar-refractivity contribution in [1.82, 2.24) is 5.32 Å². The maximum Gasteiger partial charge on any atom is 0.0184 e. The van der Waals surface area contributed by atoms with Crippen LogP contribution >= 0.6 is 11.8 Å². The zero-order chi connectivity index (χ0) is 14.4. The quantitative estimate of drug-likeness (QED) is 0.723. The van der Waals surface area contributed by atoms with E-state index >= 15 is 0 Å². The third-order valence-corrected chi connectivity index (χ3v) is 4.72. The summed E-state index contributed by atoms with van der Waals surface area (Å²) in [7, 11) is 0. The fourth-order valence-electron chi connectivity index (χ4n) is 2.26. The minimum atomic E-state index is 0.589. The van der Waals surface area contributed by atoms with E-state index in [-0.39, 0.29) is 0 Å². The number of benzene rings is 2. The van der Waals surface area contributed by atoms with Gasteiger partial charge < -0.3 is 5.32 Å². The summed E-state index contributed by atoms with van der Waals surface area (Å²) in [6, 6.07) is 15.9. The molecule has 1 unspecified atom stereocenters. The van der Waals surface area contributed by atoms with Crippen molar-refractivity contribution in [3.05, 3.63) is 42.5 Å². The monoisotopic (exact) mass is 287 g/mol. The summed E-state index contributed by atoms with van der Waals surface area (Å²) in [6.45, 7) is 7.94. The first-order valence-electron chi connectivity index (χ1n) is 7.55. The van der Waals surface area contributed by atoms with Crippen molar-refractivity contribution in [3.63, 3.8) is 0 Å². The van der Waals surface area contributed by atoms with Gasteiger partial charge in [-0.3, -0.25) is 0 Å². The third kappa shape index (κ3) is 4.26. The number of thioether (sulfide) groups is 1. The molecule has 2 heteroatoms. The zero-order valence-corrected chi connectivity index (χ0v) is 13.5. The minimum Gasteiger partial charge on any atom is -0.313 e. The number of nitrogens with one attached hydrogen (secondary N) is 1. The Morgan fingerprint density at radius 3 is 2.50 bits per heavy atom. The second-order valence-electron chi connectivity index (χ2n) is 5.62. The summed E-state index contributed by atoms with van der Waals surface area (Å²) in [6.07, 6.45) is 1.20. The lowest BCUT2D eigenvalue weighted by atomic mass is 10.1. The fourth-order valence-corrected chi connectivity index (χ4v) is 3.51. The molecular weight excluding hydrogens is 262 g/mol. The fraction of sp³-hybridized carbons (Fsp3) is 0.444. The molecule has 2 aromatic rings. The topological polar surface area (TPSA) is 12.0 Å². The molecular formula is C18H25NS. The van der Waals surface area contributed by atoms with Crippen LogP contribution in [0.1, 0.15) is 27.2 Å². The van der Waals surface area contributed by atoms with Gasteiger partial charge in [-0.1, -0.05) is 51.1 Å². The Hall–Kier alpha value is -0.990. The van der Waals surface area contributed by atoms with Crippen molar-refractivity contribution in [2.75, 3.05) is 12.3 Å². The van der Waals surface area contributed by atoms with E-state index < -0.39 is 0 Å². The van der Waals surface area contributed by atoms with Crippen molar-refractivity contribution in [1.29, 1.82) is 0 Å². The molecule has 1 N–H and O–H groups in total. The van der Waals surface area contributed by atoms with Gasteiger partial charge in [-0.15, -0.1) is 11.8 Å². The molecule has 2 aromatic carbocycles. The van der Waals surface area contributed by atoms with Crippen LogP contribution in [0, 0.1) is 5.92 Å². The van der Waals surface area contributed by atoms with E-state index in [9.17, 15) is 0 Å². The molecule has 108 valence electrons. The standard InChI is InChI=1S/C18H25NS/c1-4-11-19-18(14(2)3)13-20-17-10-9-15-7-5-6-8-16(15)12-17/h5-10,12,14,18-19H,4,11,13H2,1-3H3. The highest BCUT2D eigenvalue weighted by Gasteiger charge is 2.12. The lowest BCUT2D eigenvalue weighted by molar-refractivity contribution is 0.434. The molecule has 0 fully saturated rings. The predicted octanol–water partition coefficient (Wildman–Crippen LogP) is 4.96. The second-order valence-corrected chi connectivity index (χ2v) is 6.72. The Morgan fingerprint density at radius 1 is 1.05 bits per heavy atom. The Labute approximate surface area is 127 Å². The highest BCUT2D eigenvalue weighted by atomic mass is 32.2. The van der Waals surface area contributed by atoms with E-state index in [1.165, 1.54) is 22.1 Å². The Balaban J connectivity index is 2.00. The van der Waals surface area contributed by atoms with Crippen molar-refractivity contribution in [3.8, 4) is 0 Å². The zero-order valence-electron chi connectivity index (χ0n) is 12.7. The molecule has 1 nitrogen and oxygen atoms in total. The van der Waals surface area contributed by atoms with Gasteiger partial charge in [0.15, 0.2) is 0 Å². The van der Waals surface area contributed by atoms with Gasteiger partial charge >= 0.3 is 0 Å². The van der Waals surface area contributed by atoms with Gasteiger partial charge in [0.25, 0.3) is 0 Å². The first-order chi connectivity index (χ1) is 9.70. The Bertz CT molecular complexity index is 536. The smallest absolute Gasteiger partial charge is 0.0184 e. The average molecular weight is 287 g/mol. The van der Waals surface area contributed by atoms with Crippen molar-refractivity contribution in [2.24, 2.45) is 5.92 Å². The van der Waals surface area contributed by atoms with Gasteiger partial charge in [0.05, 0.1) is 0 Å². The van der Waals surface area contributed by atoms with Crippen molar-refractivity contribution < 1.29 is 0 Å². The maximum absolute atomic E-state index is 3.66. The van der Waals surface area contributed by atoms with Crippen LogP contribution in [0.15, 0.2) is 47.4 Å². The molecule has 0 aliphatic heterocycles. The summed E-state index contributed by atoms with van der Waals surface area (Å²) >= 11 is 1.96. The minimum absolute atomic E-state index is 0.589. The van der Waals surface area contributed by atoms with E-state index in [1.54, 1.807) is 0 Å². The molecule has 0 saturated heterocycles. The largest absolute Gasteiger partial charge is 0.313 e. The number of fused-ring (bicyclic) bond motifs is 1. The van der Waals surface area contributed by atoms with Gasteiger partial charge in [-0.2, -0.15) is 0 Å². The van der Waals surface area contributed by atoms with Gasteiger partial charge in [0.1, 0.15) is 0 Å². The van der Waals surface area contributed by atoms with Crippen molar-refractivity contribution >= 4 is 22.5 Å². The number of hydrogen-bond acceptors (Lipinski definition) is 2. The molecule has 0 aliphatic rings. The summed E-state index contributed by atoms with van der Waals surface area (Å²) in [4.78, 5) is 1.37. The lowest BCUT2D eigenvalue weighted by Crippen LogP contribution is -2.36. The summed E-state index contributed by atoms with van der Waals surface area (Å²) in [5, 5.41) is 6.31.